The van der Waals surface area contributed by atoms with E-state index < -0.39 is 10.1 Å². The molecule has 1 fully saturated rings. The summed E-state index contributed by atoms with van der Waals surface area (Å²) in [5, 5.41) is 1.01. The summed E-state index contributed by atoms with van der Waals surface area (Å²) in [7, 11) is -2.29. The van der Waals surface area contributed by atoms with Crippen LogP contribution >= 0.6 is 0 Å². The quantitative estimate of drug-likeness (QED) is 0.434. The number of morpholine rings is 1. The van der Waals surface area contributed by atoms with Crippen molar-refractivity contribution < 1.29 is 32.1 Å². The van der Waals surface area contributed by atoms with Gasteiger partial charge in [0.15, 0.2) is 5.78 Å². The van der Waals surface area contributed by atoms with Crippen molar-refractivity contribution in [3.8, 4) is 5.75 Å². The lowest BCUT2D eigenvalue weighted by molar-refractivity contribution is -0.908. The molecule has 3 aromatic rings. The van der Waals surface area contributed by atoms with Crippen molar-refractivity contribution in [3.63, 3.8) is 0 Å². The van der Waals surface area contributed by atoms with Gasteiger partial charge in [0.2, 0.25) is 0 Å². The Balaban J connectivity index is 0.000000523. The van der Waals surface area contributed by atoms with Crippen LogP contribution in [-0.2, 0) is 21.4 Å². The summed E-state index contributed by atoms with van der Waals surface area (Å²) in [6.07, 6.45) is 2.62. The largest absolute Gasteiger partial charge is 0.748 e. The first kappa shape index (κ1) is 23.9. The summed E-state index contributed by atoms with van der Waals surface area (Å²) >= 11 is 0. The molecule has 1 aliphatic heterocycles. The number of methoxy groups -OCH3 is 1. The third-order valence-electron chi connectivity index (χ3n) is 5.29. The number of rotatable bonds is 6. The summed E-state index contributed by atoms with van der Waals surface area (Å²) < 4.78 is 40.1. The number of ether oxygens (including phenoxy) is 2. The van der Waals surface area contributed by atoms with Crippen LogP contribution in [0, 0.1) is 0 Å². The highest BCUT2D eigenvalue weighted by molar-refractivity contribution is 7.84. The first-order valence-corrected chi connectivity index (χ1v) is 12.2. The first-order valence-electron chi connectivity index (χ1n) is 10.3. The molecule has 172 valence electrons. The third kappa shape index (κ3) is 6.64. The number of fused-ring (bicyclic) bond motifs is 1. The normalized spacial score (nSPS) is 14.6. The molecule has 1 aromatic heterocycles. The Morgan fingerprint density at radius 3 is 2.38 bits per heavy atom. The van der Waals surface area contributed by atoms with E-state index in [0.717, 1.165) is 61.6 Å². The lowest BCUT2D eigenvalue weighted by atomic mass is 10.0. The average molecular weight is 461 g/mol. The molecule has 8 nitrogen and oxygen atoms in total. The molecule has 0 unspecified atom stereocenters. The van der Waals surface area contributed by atoms with E-state index in [9.17, 15) is 4.79 Å². The fraction of sp³-hybridized carbons (Fsp3) is 0.348. The maximum absolute atomic E-state index is 13.1. The van der Waals surface area contributed by atoms with E-state index in [-0.39, 0.29) is 5.78 Å². The van der Waals surface area contributed by atoms with E-state index in [4.69, 9.17) is 22.4 Å². The molecular weight excluding hydrogens is 432 g/mol. The van der Waals surface area contributed by atoms with E-state index in [2.05, 4.69) is 10.6 Å². The number of carbonyl (C=O) groups excluding carboxylic acids is 1. The SMILES string of the molecule is COc1ccc(C(=O)c2cn(CC[NH+]3CCOCC3)c3ccccc23)cc1.CS(=O)(=O)[O-]. The van der Waals surface area contributed by atoms with Gasteiger partial charge in [-0.25, -0.2) is 8.42 Å². The fourth-order valence-electron chi connectivity index (χ4n) is 3.70. The Bertz CT molecular complexity index is 1140. The third-order valence-corrected chi connectivity index (χ3v) is 5.29. The molecule has 2 heterocycles. The number of para-hydroxylation sites is 1. The van der Waals surface area contributed by atoms with Crippen molar-refractivity contribution in [1.82, 2.24) is 4.57 Å². The molecule has 2 aromatic carbocycles. The molecular formula is C23H28N2O6S. The summed E-state index contributed by atoms with van der Waals surface area (Å²) in [6.45, 7) is 5.71. The van der Waals surface area contributed by atoms with Crippen LogP contribution in [0.1, 0.15) is 15.9 Å². The van der Waals surface area contributed by atoms with Crippen molar-refractivity contribution in [1.29, 1.82) is 0 Å². The topological polar surface area (TPSA) is 102 Å². The predicted molar refractivity (Wildman–Crippen MR) is 120 cm³/mol. The predicted octanol–water partition coefficient (Wildman–Crippen LogP) is 0.957. The molecule has 0 bridgehead atoms. The fourth-order valence-corrected chi connectivity index (χ4v) is 3.70. The van der Waals surface area contributed by atoms with Crippen LogP contribution in [0.2, 0.25) is 0 Å². The molecule has 0 atom stereocenters. The zero-order valence-corrected chi connectivity index (χ0v) is 19.1. The molecule has 0 spiro atoms. The minimum atomic E-state index is -3.92. The first-order chi connectivity index (χ1) is 15.3. The van der Waals surface area contributed by atoms with Gasteiger partial charge in [0.25, 0.3) is 0 Å². The molecule has 1 aliphatic rings. The molecule has 0 aliphatic carbocycles. The summed E-state index contributed by atoms with van der Waals surface area (Å²) in [5.41, 5.74) is 2.55. The molecule has 0 saturated carbocycles. The second-order valence-corrected chi connectivity index (χ2v) is 9.04. The number of hydrogen-bond donors (Lipinski definition) is 1. The maximum atomic E-state index is 13.1. The molecule has 0 radical (unpaired) electrons. The lowest BCUT2D eigenvalue weighted by Crippen LogP contribution is -3.14. The highest BCUT2D eigenvalue weighted by Crippen LogP contribution is 2.24. The van der Waals surface area contributed by atoms with Crippen LogP contribution in [0.3, 0.4) is 0 Å². The Kier molecular flexibility index (Phi) is 8.03. The van der Waals surface area contributed by atoms with Crippen LogP contribution in [0.5, 0.6) is 5.75 Å². The van der Waals surface area contributed by atoms with Crippen molar-refractivity contribution in [2.75, 3.05) is 46.2 Å². The van der Waals surface area contributed by atoms with Crippen molar-refractivity contribution in [2.24, 2.45) is 0 Å². The van der Waals surface area contributed by atoms with E-state index in [1.54, 1.807) is 12.0 Å². The number of ketones is 1. The lowest BCUT2D eigenvalue weighted by Gasteiger charge is -2.23. The Morgan fingerprint density at radius 2 is 1.75 bits per heavy atom. The molecule has 1 saturated heterocycles. The minimum Gasteiger partial charge on any atom is -0.748 e. The smallest absolute Gasteiger partial charge is 0.195 e. The maximum Gasteiger partial charge on any atom is 0.195 e. The van der Waals surface area contributed by atoms with E-state index >= 15 is 0 Å². The average Bonchev–Trinajstić information content (AvgIpc) is 3.16. The number of nitrogens with one attached hydrogen (secondary N) is 1. The van der Waals surface area contributed by atoms with Gasteiger partial charge >= 0.3 is 0 Å². The molecule has 9 heteroatoms. The Morgan fingerprint density at radius 1 is 1.12 bits per heavy atom. The Labute approximate surface area is 188 Å². The highest BCUT2D eigenvalue weighted by atomic mass is 32.2. The second-order valence-electron chi connectivity index (χ2n) is 7.63. The monoisotopic (exact) mass is 460 g/mol. The number of nitrogens with zero attached hydrogens (tertiary/aromatic N) is 1. The van der Waals surface area contributed by atoms with Gasteiger partial charge < -0.3 is 23.5 Å². The van der Waals surface area contributed by atoms with Gasteiger partial charge in [-0.05, 0) is 30.3 Å². The van der Waals surface area contributed by atoms with Crippen LogP contribution in [-0.4, -0.2) is 69.5 Å². The van der Waals surface area contributed by atoms with Crippen molar-refractivity contribution in [2.45, 2.75) is 6.54 Å². The van der Waals surface area contributed by atoms with Gasteiger partial charge in [0.1, 0.15) is 18.8 Å². The van der Waals surface area contributed by atoms with Gasteiger partial charge in [-0.1, -0.05) is 18.2 Å². The van der Waals surface area contributed by atoms with Gasteiger partial charge in [0, 0.05) is 34.5 Å². The number of benzene rings is 2. The molecule has 32 heavy (non-hydrogen) atoms. The van der Waals surface area contributed by atoms with Gasteiger partial charge in [0.05, 0.1) is 43.5 Å². The van der Waals surface area contributed by atoms with Gasteiger partial charge in [-0.3, -0.25) is 4.79 Å². The summed E-state index contributed by atoms with van der Waals surface area (Å²) in [6, 6.07) is 15.4. The summed E-state index contributed by atoms with van der Waals surface area (Å²) in [5.74, 6) is 0.800. The van der Waals surface area contributed by atoms with Crippen molar-refractivity contribution >= 4 is 26.8 Å². The number of quaternary nitrogens is 1. The molecule has 4 rings (SSSR count). The standard InChI is InChI=1S/C22H24N2O3.CH4O3S/c1-26-18-8-6-17(7-9-18)22(25)20-16-24(21-5-3-2-4-19(20)21)11-10-23-12-14-27-15-13-23;1-5(2,3)4/h2-9,16H,10-15H2,1H3;1H3,(H,2,3,4). The van der Waals surface area contributed by atoms with E-state index in [1.807, 2.05) is 48.7 Å². The van der Waals surface area contributed by atoms with Crippen molar-refractivity contribution in [3.05, 3.63) is 65.9 Å². The zero-order valence-electron chi connectivity index (χ0n) is 18.2. The van der Waals surface area contributed by atoms with Gasteiger partial charge in [-0.15, -0.1) is 0 Å². The number of aromatic nitrogens is 1. The molecule has 0 amide bonds. The number of hydrogen-bond acceptors (Lipinski definition) is 6. The van der Waals surface area contributed by atoms with Crippen LogP contribution in [0.4, 0.5) is 0 Å². The van der Waals surface area contributed by atoms with Crippen LogP contribution < -0.4 is 9.64 Å². The number of carbonyl (C=O) groups is 1. The second kappa shape index (κ2) is 10.7. The minimum absolute atomic E-state index is 0.0475. The highest BCUT2D eigenvalue weighted by Gasteiger charge is 2.18. The van der Waals surface area contributed by atoms with Crippen LogP contribution in [0.15, 0.2) is 54.7 Å². The Hall–Kier alpha value is -2.72. The summed E-state index contributed by atoms with van der Waals surface area (Å²) in [4.78, 5) is 14.7. The van der Waals surface area contributed by atoms with E-state index in [0.29, 0.717) is 11.8 Å². The van der Waals surface area contributed by atoms with Gasteiger partial charge in [-0.2, -0.15) is 0 Å². The van der Waals surface area contributed by atoms with E-state index in [1.165, 1.54) is 0 Å². The molecule has 1 N–H and O–H groups in total. The zero-order chi connectivity index (χ0) is 23.1. The van der Waals surface area contributed by atoms with Crippen LogP contribution in [0.25, 0.3) is 10.9 Å².